The smallest absolute Gasteiger partial charge is 0.185 e. The molecule has 0 aliphatic carbocycles. The molecular weight excluding hydrogens is 260 g/mol. The summed E-state index contributed by atoms with van der Waals surface area (Å²) in [4.78, 5) is 10.8. The van der Waals surface area contributed by atoms with Crippen LogP contribution in [-0.2, 0) is 4.79 Å². The van der Waals surface area contributed by atoms with Crippen molar-refractivity contribution in [1.29, 1.82) is 0 Å². The highest BCUT2D eigenvalue weighted by atomic mass is 35.5. The largest absolute Gasteiger partial charge is 0.389 e. The van der Waals surface area contributed by atoms with Crippen molar-refractivity contribution in [3.05, 3.63) is 34.3 Å². The molecule has 2 unspecified atom stereocenters. The highest BCUT2D eigenvalue weighted by Crippen LogP contribution is 2.25. The van der Waals surface area contributed by atoms with Gasteiger partial charge in [0, 0.05) is 17.7 Å². The summed E-state index contributed by atoms with van der Waals surface area (Å²) in [5.41, 5.74) is 1.45. The normalized spacial score (nSPS) is 14.4. The van der Waals surface area contributed by atoms with Crippen molar-refractivity contribution >= 4 is 28.5 Å². The number of carbonyl (C=O) groups excluding carboxylic acids is 1. The average molecular weight is 275 g/mol. The highest BCUT2D eigenvalue weighted by Gasteiger charge is 2.20. The summed E-state index contributed by atoms with van der Waals surface area (Å²) in [6.07, 6.45) is -2.01. The number of hydrogen-bond acceptors (Lipinski definition) is 4. The molecule has 5 heteroatoms. The molecule has 0 saturated carbocycles. The Labute approximate surface area is 110 Å². The molecule has 0 amide bonds. The van der Waals surface area contributed by atoms with Gasteiger partial charge in [-0.2, -0.15) is 0 Å². The fourth-order valence-electron chi connectivity index (χ4n) is 1.43. The van der Waals surface area contributed by atoms with E-state index in [9.17, 15) is 15.0 Å². The Bertz CT molecular complexity index is 409. The maximum absolute atomic E-state index is 10.8. The van der Waals surface area contributed by atoms with Crippen LogP contribution in [0.2, 0.25) is 5.02 Å². The first-order valence-corrected chi connectivity index (χ1v) is 6.53. The predicted octanol–water partition coefficient (Wildman–Crippen LogP) is 2.32. The van der Waals surface area contributed by atoms with Gasteiger partial charge in [-0.05, 0) is 30.2 Å². The van der Waals surface area contributed by atoms with Gasteiger partial charge in [0.15, 0.2) is 5.12 Å². The zero-order chi connectivity index (χ0) is 13.0. The van der Waals surface area contributed by atoms with Gasteiger partial charge in [0.1, 0.15) is 6.10 Å². The molecule has 0 spiro atoms. The van der Waals surface area contributed by atoms with Crippen molar-refractivity contribution in [3.63, 3.8) is 0 Å². The average Bonchev–Trinajstić information content (AvgIpc) is 2.28. The second-order valence-electron chi connectivity index (χ2n) is 3.82. The van der Waals surface area contributed by atoms with Gasteiger partial charge in [0.05, 0.1) is 6.10 Å². The Morgan fingerprint density at radius 3 is 2.71 bits per heavy atom. The molecule has 0 saturated heterocycles. The number of carbonyl (C=O) groups is 1. The van der Waals surface area contributed by atoms with Crippen molar-refractivity contribution in [2.45, 2.75) is 26.1 Å². The Kier molecular flexibility index (Phi) is 5.46. The van der Waals surface area contributed by atoms with Crippen molar-refractivity contribution in [1.82, 2.24) is 0 Å². The molecular formula is C12H15ClO3S. The SMILES string of the molecule is CC(=O)SCC(O)C(O)c1cc(Cl)ccc1C. The lowest BCUT2D eigenvalue weighted by atomic mass is 10.0. The van der Waals surface area contributed by atoms with Gasteiger partial charge in [0.25, 0.3) is 0 Å². The van der Waals surface area contributed by atoms with E-state index >= 15 is 0 Å². The number of aliphatic hydroxyl groups excluding tert-OH is 2. The van der Waals surface area contributed by atoms with E-state index in [2.05, 4.69) is 0 Å². The molecule has 0 aliphatic rings. The van der Waals surface area contributed by atoms with E-state index < -0.39 is 12.2 Å². The summed E-state index contributed by atoms with van der Waals surface area (Å²) >= 11 is 6.83. The number of halogens is 1. The van der Waals surface area contributed by atoms with Crippen LogP contribution in [0, 0.1) is 6.92 Å². The number of hydrogen-bond donors (Lipinski definition) is 2. The van der Waals surface area contributed by atoms with E-state index in [1.54, 1.807) is 18.2 Å². The second kappa shape index (κ2) is 6.40. The molecule has 1 aromatic rings. The Morgan fingerprint density at radius 1 is 1.47 bits per heavy atom. The van der Waals surface area contributed by atoms with E-state index in [0.29, 0.717) is 10.6 Å². The van der Waals surface area contributed by atoms with Crippen LogP contribution in [-0.4, -0.2) is 27.2 Å². The van der Waals surface area contributed by atoms with Crippen LogP contribution in [0.25, 0.3) is 0 Å². The maximum Gasteiger partial charge on any atom is 0.185 e. The Balaban J connectivity index is 2.77. The molecule has 0 aliphatic heterocycles. The fourth-order valence-corrected chi connectivity index (χ4v) is 2.20. The second-order valence-corrected chi connectivity index (χ2v) is 5.45. The van der Waals surface area contributed by atoms with Crippen molar-refractivity contribution in [3.8, 4) is 0 Å². The van der Waals surface area contributed by atoms with Crippen LogP contribution in [0.3, 0.4) is 0 Å². The minimum atomic E-state index is -1.03. The van der Waals surface area contributed by atoms with Crippen molar-refractivity contribution in [2.24, 2.45) is 0 Å². The number of aryl methyl sites for hydroxylation is 1. The van der Waals surface area contributed by atoms with Gasteiger partial charge < -0.3 is 10.2 Å². The first kappa shape index (κ1) is 14.5. The molecule has 0 heterocycles. The molecule has 0 fully saturated rings. The van der Waals surface area contributed by atoms with E-state index in [1.165, 1.54) is 6.92 Å². The highest BCUT2D eigenvalue weighted by molar-refractivity contribution is 8.13. The molecule has 3 nitrogen and oxygen atoms in total. The molecule has 1 rings (SSSR count). The van der Waals surface area contributed by atoms with Crippen LogP contribution in [0.4, 0.5) is 0 Å². The molecule has 2 atom stereocenters. The monoisotopic (exact) mass is 274 g/mol. The standard InChI is InChI=1S/C12H15ClO3S/c1-7-3-4-9(13)5-10(7)12(16)11(15)6-17-8(2)14/h3-5,11-12,15-16H,6H2,1-2H3. The third-order valence-corrected chi connectivity index (χ3v) is 3.53. The quantitative estimate of drug-likeness (QED) is 0.885. The summed E-state index contributed by atoms with van der Waals surface area (Å²) in [7, 11) is 0. The van der Waals surface area contributed by atoms with Gasteiger partial charge in [0.2, 0.25) is 0 Å². The number of rotatable bonds is 4. The predicted molar refractivity (Wildman–Crippen MR) is 70.3 cm³/mol. The minimum Gasteiger partial charge on any atom is -0.389 e. The van der Waals surface area contributed by atoms with Crippen LogP contribution in [0.1, 0.15) is 24.2 Å². The Morgan fingerprint density at radius 2 is 2.12 bits per heavy atom. The first-order valence-electron chi connectivity index (χ1n) is 5.17. The minimum absolute atomic E-state index is 0.0842. The lowest BCUT2D eigenvalue weighted by molar-refractivity contribution is -0.109. The number of aliphatic hydroxyl groups is 2. The molecule has 0 aromatic heterocycles. The third kappa shape index (κ3) is 4.32. The first-order chi connectivity index (χ1) is 7.91. The maximum atomic E-state index is 10.8. The topological polar surface area (TPSA) is 57.5 Å². The lowest BCUT2D eigenvalue weighted by Gasteiger charge is -2.19. The van der Waals surface area contributed by atoms with Crippen LogP contribution in [0.5, 0.6) is 0 Å². The summed E-state index contributed by atoms with van der Waals surface area (Å²) in [5, 5.41) is 20.2. The van der Waals surface area contributed by atoms with Crippen LogP contribution >= 0.6 is 23.4 Å². The van der Waals surface area contributed by atoms with Crippen molar-refractivity contribution in [2.75, 3.05) is 5.75 Å². The number of thioether (sulfide) groups is 1. The molecule has 17 heavy (non-hydrogen) atoms. The lowest BCUT2D eigenvalue weighted by Crippen LogP contribution is -2.22. The van der Waals surface area contributed by atoms with E-state index in [1.807, 2.05) is 6.92 Å². The van der Waals surface area contributed by atoms with Gasteiger partial charge in [-0.1, -0.05) is 29.4 Å². The molecule has 2 N–H and O–H groups in total. The van der Waals surface area contributed by atoms with E-state index in [-0.39, 0.29) is 10.9 Å². The third-order valence-electron chi connectivity index (χ3n) is 2.38. The van der Waals surface area contributed by atoms with Gasteiger partial charge in [-0.25, -0.2) is 0 Å². The number of benzene rings is 1. The molecule has 0 bridgehead atoms. The van der Waals surface area contributed by atoms with Crippen LogP contribution < -0.4 is 0 Å². The van der Waals surface area contributed by atoms with Crippen molar-refractivity contribution < 1.29 is 15.0 Å². The van der Waals surface area contributed by atoms with Gasteiger partial charge in [-0.3, -0.25) is 4.79 Å². The summed E-state index contributed by atoms with van der Waals surface area (Å²) in [5.74, 6) is 0.169. The molecule has 1 aromatic carbocycles. The molecule has 0 radical (unpaired) electrons. The van der Waals surface area contributed by atoms with E-state index in [4.69, 9.17) is 11.6 Å². The summed E-state index contributed by atoms with van der Waals surface area (Å²) in [6.45, 7) is 3.26. The zero-order valence-corrected chi connectivity index (χ0v) is 11.3. The van der Waals surface area contributed by atoms with Gasteiger partial charge >= 0.3 is 0 Å². The summed E-state index contributed by atoms with van der Waals surface area (Å²) < 4.78 is 0. The van der Waals surface area contributed by atoms with E-state index in [0.717, 1.165) is 17.3 Å². The fraction of sp³-hybridized carbons (Fsp3) is 0.417. The summed E-state index contributed by atoms with van der Waals surface area (Å²) in [6, 6.07) is 5.14. The zero-order valence-electron chi connectivity index (χ0n) is 9.68. The van der Waals surface area contributed by atoms with Gasteiger partial charge in [-0.15, -0.1) is 0 Å². The Hall–Kier alpha value is -0.550. The molecule has 94 valence electrons. The van der Waals surface area contributed by atoms with Crippen LogP contribution in [0.15, 0.2) is 18.2 Å².